The van der Waals surface area contributed by atoms with E-state index in [1.807, 2.05) is 0 Å². The molecule has 1 rings (SSSR count). The molecule has 1 N–H and O–H groups in total. The number of rotatable bonds is 12. The van der Waals surface area contributed by atoms with Crippen LogP contribution < -0.4 is 0 Å². The normalized spacial score (nSPS) is 23.0. The van der Waals surface area contributed by atoms with Crippen LogP contribution in [0.1, 0.15) is 97.8 Å². The van der Waals surface area contributed by atoms with Crippen LogP contribution in [0.5, 0.6) is 0 Å². The third-order valence-electron chi connectivity index (χ3n) is 5.60. The third-order valence-corrected chi connectivity index (χ3v) is 5.60. The predicted octanol–water partition coefficient (Wildman–Crippen LogP) is 5.59. The van der Waals surface area contributed by atoms with E-state index in [9.17, 15) is 14.7 Å². The summed E-state index contributed by atoms with van der Waals surface area (Å²) in [5, 5.41) is 9.19. The van der Waals surface area contributed by atoms with E-state index in [1.54, 1.807) is 0 Å². The molecule has 0 aromatic heterocycles. The molecule has 0 spiro atoms. The first kappa shape index (κ1) is 22.0. The summed E-state index contributed by atoms with van der Waals surface area (Å²) in [6, 6.07) is 0. The molecule has 1 fully saturated rings. The molecule has 4 atom stereocenters. The Labute approximate surface area is 153 Å². The van der Waals surface area contributed by atoms with E-state index in [0.717, 1.165) is 25.7 Å². The Hall–Kier alpha value is -1.06. The van der Waals surface area contributed by atoms with Gasteiger partial charge in [-0.15, -0.1) is 0 Å². The summed E-state index contributed by atoms with van der Waals surface area (Å²) in [6.45, 7) is 6.52. The predicted molar refractivity (Wildman–Crippen MR) is 100 cm³/mol. The molecule has 0 heterocycles. The van der Waals surface area contributed by atoms with Gasteiger partial charge < -0.3 is 9.84 Å². The smallest absolute Gasteiger partial charge is 0.309 e. The molecule has 0 aromatic rings. The maximum atomic E-state index is 12.5. The number of unbranched alkanes of at least 4 members (excludes halogenated alkanes) is 2. The number of carbonyl (C=O) groups is 2. The van der Waals surface area contributed by atoms with Gasteiger partial charge in [0.15, 0.2) is 0 Å². The van der Waals surface area contributed by atoms with Crippen LogP contribution >= 0.6 is 0 Å². The number of carboxylic acid groups (broad SMARTS) is 1. The van der Waals surface area contributed by atoms with Crippen molar-refractivity contribution >= 4 is 11.9 Å². The van der Waals surface area contributed by atoms with Gasteiger partial charge >= 0.3 is 11.9 Å². The minimum atomic E-state index is -0.775. The molecule has 146 valence electrons. The molecule has 4 nitrogen and oxygen atoms in total. The van der Waals surface area contributed by atoms with E-state index >= 15 is 0 Å². The van der Waals surface area contributed by atoms with Gasteiger partial charge in [-0.05, 0) is 38.0 Å². The van der Waals surface area contributed by atoms with Crippen molar-refractivity contribution in [1.82, 2.24) is 0 Å². The Morgan fingerprint density at radius 2 is 1.76 bits per heavy atom. The molecular formula is C21H38O4. The van der Waals surface area contributed by atoms with Gasteiger partial charge in [-0.3, -0.25) is 9.59 Å². The van der Waals surface area contributed by atoms with Crippen LogP contribution in [-0.4, -0.2) is 23.1 Å². The summed E-state index contributed by atoms with van der Waals surface area (Å²) in [5.74, 6) is -0.917. The monoisotopic (exact) mass is 354 g/mol. The summed E-state index contributed by atoms with van der Waals surface area (Å²) in [7, 11) is 0. The molecule has 1 aliphatic rings. The zero-order valence-corrected chi connectivity index (χ0v) is 16.5. The fourth-order valence-corrected chi connectivity index (χ4v) is 4.03. The summed E-state index contributed by atoms with van der Waals surface area (Å²) >= 11 is 0. The second kappa shape index (κ2) is 12.3. The van der Waals surface area contributed by atoms with Gasteiger partial charge in [-0.1, -0.05) is 65.7 Å². The number of aliphatic carboxylic acids is 1. The zero-order valence-electron chi connectivity index (χ0n) is 16.5. The lowest BCUT2D eigenvalue weighted by atomic mass is 9.81. The first-order chi connectivity index (χ1) is 12.0. The average Bonchev–Trinajstić information content (AvgIpc) is 2.61. The summed E-state index contributed by atoms with van der Waals surface area (Å²) in [5.41, 5.74) is 0. The number of carboxylic acids is 1. The molecule has 1 saturated carbocycles. The standard InChI is InChI=1S/C21H38O4/c1-4-7-8-11-16(10-5-2)14-19(6-3)25-21(24)18-13-9-12-17(15-18)20(22)23/h16-19H,4-15H2,1-3H3,(H,22,23). The number of carbonyl (C=O) groups excluding carboxylic acids is 1. The minimum Gasteiger partial charge on any atom is -0.481 e. The SMILES string of the molecule is CCCCCC(CCC)CC(CC)OC(=O)C1CCCC(C(=O)O)C1. The summed E-state index contributed by atoms with van der Waals surface area (Å²) in [4.78, 5) is 23.7. The molecule has 0 aliphatic heterocycles. The van der Waals surface area contributed by atoms with Gasteiger partial charge in [-0.25, -0.2) is 0 Å². The zero-order chi connectivity index (χ0) is 18.7. The molecule has 25 heavy (non-hydrogen) atoms. The molecule has 4 heteroatoms. The van der Waals surface area contributed by atoms with Crippen molar-refractivity contribution in [3.63, 3.8) is 0 Å². The lowest BCUT2D eigenvalue weighted by molar-refractivity contribution is -0.158. The third kappa shape index (κ3) is 8.24. The molecular weight excluding hydrogens is 316 g/mol. The summed E-state index contributed by atoms with van der Waals surface area (Å²) < 4.78 is 5.82. The largest absolute Gasteiger partial charge is 0.481 e. The van der Waals surface area contributed by atoms with Gasteiger partial charge in [0.05, 0.1) is 11.8 Å². The number of hydrogen-bond acceptors (Lipinski definition) is 3. The lowest BCUT2D eigenvalue weighted by Crippen LogP contribution is -2.31. The maximum Gasteiger partial charge on any atom is 0.309 e. The van der Waals surface area contributed by atoms with E-state index in [0.29, 0.717) is 18.8 Å². The fraction of sp³-hybridized carbons (Fsp3) is 0.905. The van der Waals surface area contributed by atoms with Crippen molar-refractivity contribution in [2.45, 2.75) is 104 Å². The van der Waals surface area contributed by atoms with E-state index in [4.69, 9.17) is 4.74 Å². The van der Waals surface area contributed by atoms with Crippen LogP contribution in [0.4, 0.5) is 0 Å². The quantitative estimate of drug-likeness (QED) is 0.367. The van der Waals surface area contributed by atoms with Crippen molar-refractivity contribution in [3.8, 4) is 0 Å². The first-order valence-corrected chi connectivity index (χ1v) is 10.4. The molecule has 0 aromatic carbocycles. The van der Waals surface area contributed by atoms with Gasteiger partial charge in [0, 0.05) is 0 Å². The molecule has 4 unspecified atom stereocenters. The van der Waals surface area contributed by atoms with Crippen LogP contribution in [0.2, 0.25) is 0 Å². The Morgan fingerprint density at radius 1 is 1.04 bits per heavy atom. The van der Waals surface area contributed by atoms with E-state index in [2.05, 4.69) is 20.8 Å². The van der Waals surface area contributed by atoms with Crippen LogP contribution in [0.15, 0.2) is 0 Å². The Bertz CT molecular complexity index is 393. The van der Waals surface area contributed by atoms with E-state index in [-0.39, 0.29) is 23.9 Å². The molecule has 0 bridgehead atoms. The Morgan fingerprint density at radius 3 is 2.36 bits per heavy atom. The molecule has 0 radical (unpaired) electrons. The highest BCUT2D eigenvalue weighted by Crippen LogP contribution is 2.31. The van der Waals surface area contributed by atoms with Gasteiger partial charge in [0.1, 0.15) is 6.10 Å². The first-order valence-electron chi connectivity index (χ1n) is 10.4. The topological polar surface area (TPSA) is 63.6 Å². The highest BCUT2D eigenvalue weighted by molar-refractivity contribution is 5.75. The van der Waals surface area contributed by atoms with Gasteiger partial charge in [-0.2, -0.15) is 0 Å². The van der Waals surface area contributed by atoms with Crippen LogP contribution in [0, 0.1) is 17.8 Å². The van der Waals surface area contributed by atoms with Gasteiger partial charge in [0.2, 0.25) is 0 Å². The Balaban J connectivity index is 2.51. The van der Waals surface area contributed by atoms with Crippen molar-refractivity contribution in [3.05, 3.63) is 0 Å². The van der Waals surface area contributed by atoms with Crippen LogP contribution in [-0.2, 0) is 14.3 Å². The number of ether oxygens (including phenoxy) is 1. The number of hydrogen-bond donors (Lipinski definition) is 1. The molecule has 0 saturated heterocycles. The van der Waals surface area contributed by atoms with Crippen molar-refractivity contribution in [2.24, 2.45) is 17.8 Å². The van der Waals surface area contributed by atoms with Crippen molar-refractivity contribution < 1.29 is 19.4 Å². The Kier molecular flexibility index (Phi) is 10.8. The van der Waals surface area contributed by atoms with Crippen molar-refractivity contribution in [2.75, 3.05) is 0 Å². The van der Waals surface area contributed by atoms with Crippen molar-refractivity contribution in [1.29, 1.82) is 0 Å². The lowest BCUT2D eigenvalue weighted by Gasteiger charge is -2.28. The van der Waals surface area contributed by atoms with E-state index < -0.39 is 5.97 Å². The fourth-order valence-electron chi connectivity index (χ4n) is 4.03. The number of esters is 1. The second-order valence-electron chi connectivity index (χ2n) is 7.75. The maximum absolute atomic E-state index is 12.5. The molecule has 1 aliphatic carbocycles. The average molecular weight is 355 g/mol. The minimum absolute atomic E-state index is 0.0177. The molecule has 0 amide bonds. The van der Waals surface area contributed by atoms with Crippen LogP contribution in [0.25, 0.3) is 0 Å². The highest BCUT2D eigenvalue weighted by atomic mass is 16.5. The second-order valence-corrected chi connectivity index (χ2v) is 7.75. The summed E-state index contributed by atoms with van der Waals surface area (Å²) in [6.07, 6.45) is 11.8. The van der Waals surface area contributed by atoms with Gasteiger partial charge in [0.25, 0.3) is 0 Å². The highest BCUT2D eigenvalue weighted by Gasteiger charge is 2.33. The van der Waals surface area contributed by atoms with Crippen LogP contribution in [0.3, 0.4) is 0 Å². The van der Waals surface area contributed by atoms with E-state index in [1.165, 1.54) is 38.5 Å².